The van der Waals surface area contributed by atoms with Gasteiger partial charge in [0.15, 0.2) is 9.84 Å². The van der Waals surface area contributed by atoms with Gasteiger partial charge in [-0.25, -0.2) is 13.4 Å². The highest BCUT2D eigenvalue weighted by atomic mass is 32.2. The molecule has 1 N–H and O–H groups in total. The Balaban J connectivity index is 2.12. The van der Waals surface area contributed by atoms with E-state index in [2.05, 4.69) is 4.98 Å². The molecule has 1 aliphatic heterocycles. The number of hydrogen-bond donors (Lipinski definition) is 1. The van der Waals surface area contributed by atoms with Gasteiger partial charge in [-0.3, -0.25) is 4.79 Å². The Kier molecular flexibility index (Phi) is 4.46. The molecule has 0 aromatic carbocycles. The van der Waals surface area contributed by atoms with Gasteiger partial charge in [0, 0.05) is 12.4 Å². The Labute approximate surface area is 122 Å². The summed E-state index contributed by atoms with van der Waals surface area (Å²) in [4.78, 5) is 17.8. The number of sulfone groups is 1. The van der Waals surface area contributed by atoms with Gasteiger partial charge in [-0.15, -0.1) is 11.3 Å². The number of thiazole rings is 1. The zero-order valence-corrected chi connectivity index (χ0v) is 13.1. The van der Waals surface area contributed by atoms with Gasteiger partial charge in [-0.05, 0) is 12.8 Å². The fourth-order valence-electron chi connectivity index (χ4n) is 2.25. The van der Waals surface area contributed by atoms with E-state index < -0.39 is 22.0 Å². The Bertz CT molecular complexity index is 596. The molecule has 0 spiro atoms. The summed E-state index contributed by atoms with van der Waals surface area (Å²) in [6, 6.07) is -0.691. The minimum Gasteiger partial charge on any atom is -0.390 e. The van der Waals surface area contributed by atoms with Gasteiger partial charge in [-0.2, -0.15) is 0 Å². The molecule has 2 heterocycles. The van der Waals surface area contributed by atoms with Gasteiger partial charge < -0.3 is 10.0 Å². The fourth-order valence-corrected chi connectivity index (χ4v) is 4.97. The maximum absolute atomic E-state index is 12.3. The second kappa shape index (κ2) is 5.79. The lowest BCUT2D eigenvalue weighted by Crippen LogP contribution is -2.44. The summed E-state index contributed by atoms with van der Waals surface area (Å²) >= 11 is 1.42. The SMILES string of the molecule is CCCc1nc(C(=O)N(C)[C@@H]2CS(=O)(=O)C[C@H]2O)cs1. The topological polar surface area (TPSA) is 87.6 Å². The molecule has 0 unspecified atom stereocenters. The maximum atomic E-state index is 12.3. The van der Waals surface area contributed by atoms with Crippen molar-refractivity contribution in [3.05, 3.63) is 16.1 Å². The van der Waals surface area contributed by atoms with Crippen molar-refractivity contribution >= 4 is 27.1 Å². The molecule has 2 rings (SSSR count). The lowest BCUT2D eigenvalue weighted by Gasteiger charge is -2.25. The van der Waals surface area contributed by atoms with Crippen molar-refractivity contribution in [1.29, 1.82) is 0 Å². The molecule has 1 fully saturated rings. The van der Waals surface area contributed by atoms with Gasteiger partial charge in [-0.1, -0.05) is 6.92 Å². The van der Waals surface area contributed by atoms with Crippen LogP contribution in [-0.4, -0.2) is 60.0 Å². The number of aliphatic hydroxyl groups excluding tert-OH is 1. The standard InChI is InChI=1S/C12H18N2O4S2/c1-3-4-11-13-8(5-19-11)12(16)14(2)9-6-20(17,18)7-10(9)15/h5,9-10,15H,3-4,6-7H2,1-2H3/t9-,10-/m1/s1. The molecule has 2 atom stereocenters. The highest BCUT2D eigenvalue weighted by Crippen LogP contribution is 2.20. The number of aromatic nitrogens is 1. The molecule has 1 aromatic heterocycles. The van der Waals surface area contributed by atoms with Crippen molar-refractivity contribution in [3.8, 4) is 0 Å². The molecule has 1 aliphatic rings. The van der Waals surface area contributed by atoms with Crippen LogP contribution in [0.2, 0.25) is 0 Å². The third-order valence-corrected chi connectivity index (χ3v) is 5.95. The minimum absolute atomic E-state index is 0.192. The normalized spacial score (nSPS) is 24.8. The first-order valence-corrected chi connectivity index (χ1v) is 9.14. The number of rotatable bonds is 4. The van der Waals surface area contributed by atoms with E-state index in [-0.39, 0.29) is 17.4 Å². The van der Waals surface area contributed by atoms with Crippen LogP contribution in [0.5, 0.6) is 0 Å². The highest BCUT2D eigenvalue weighted by Gasteiger charge is 2.40. The van der Waals surface area contributed by atoms with Crippen molar-refractivity contribution in [2.45, 2.75) is 31.9 Å². The van der Waals surface area contributed by atoms with Crippen LogP contribution in [0.15, 0.2) is 5.38 Å². The van der Waals surface area contributed by atoms with E-state index in [9.17, 15) is 18.3 Å². The molecule has 20 heavy (non-hydrogen) atoms. The fraction of sp³-hybridized carbons (Fsp3) is 0.667. The zero-order valence-electron chi connectivity index (χ0n) is 11.4. The van der Waals surface area contributed by atoms with E-state index in [1.54, 1.807) is 5.38 Å². The molecular formula is C12H18N2O4S2. The second-order valence-electron chi connectivity index (χ2n) is 5.00. The van der Waals surface area contributed by atoms with Crippen molar-refractivity contribution in [2.24, 2.45) is 0 Å². The molecular weight excluding hydrogens is 300 g/mol. The predicted molar refractivity (Wildman–Crippen MR) is 76.7 cm³/mol. The Morgan fingerprint density at radius 3 is 2.80 bits per heavy atom. The first-order chi connectivity index (χ1) is 9.34. The first-order valence-electron chi connectivity index (χ1n) is 6.44. The number of nitrogens with zero attached hydrogens (tertiary/aromatic N) is 2. The number of aliphatic hydroxyl groups is 1. The number of carbonyl (C=O) groups excluding carboxylic acids is 1. The summed E-state index contributed by atoms with van der Waals surface area (Å²) in [5.74, 6) is -0.819. The summed E-state index contributed by atoms with van der Waals surface area (Å²) in [6.07, 6.45) is 0.751. The average molecular weight is 318 g/mol. The second-order valence-corrected chi connectivity index (χ2v) is 8.10. The van der Waals surface area contributed by atoms with Crippen LogP contribution in [0.25, 0.3) is 0 Å². The number of aryl methyl sites for hydroxylation is 1. The summed E-state index contributed by atoms with van der Waals surface area (Å²) in [5.41, 5.74) is 0.317. The van der Waals surface area contributed by atoms with Gasteiger partial charge in [0.2, 0.25) is 0 Å². The molecule has 1 saturated heterocycles. The molecule has 8 heteroatoms. The van der Waals surface area contributed by atoms with E-state index in [4.69, 9.17) is 0 Å². The summed E-state index contributed by atoms with van der Waals surface area (Å²) in [7, 11) is -1.76. The first kappa shape index (κ1) is 15.4. The van der Waals surface area contributed by atoms with Crippen molar-refractivity contribution < 1.29 is 18.3 Å². The van der Waals surface area contributed by atoms with Crippen LogP contribution < -0.4 is 0 Å². The predicted octanol–water partition coefficient (Wildman–Crippen LogP) is 0.326. The van der Waals surface area contributed by atoms with Crippen molar-refractivity contribution in [2.75, 3.05) is 18.6 Å². The van der Waals surface area contributed by atoms with Crippen molar-refractivity contribution in [1.82, 2.24) is 9.88 Å². The van der Waals surface area contributed by atoms with Crippen LogP contribution in [0, 0.1) is 0 Å². The van der Waals surface area contributed by atoms with Crippen molar-refractivity contribution in [3.63, 3.8) is 0 Å². The molecule has 112 valence electrons. The van der Waals surface area contributed by atoms with E-state index in [0.29, 0.717) is 5.69 Å². The number of hydrogen-bond acceptors (Lipinski definition) is 6. The lowest BCUT2D eigenvalue weighted by atomic mass is 10.2. The Hall–Kier alpha value is -0.990. The van der Waals surface area contributed by atoms with Crippen LogP contribution in [0.3, 0.4) is 0 Å². The zero-order chi connectivity index (χ0) is 14.9. The molecule has 0 aliphatic carbocycles. The van der Waals surface area contributed by atoms with Crippen LogP contribution >= 0.6 is 11.3 Å². The minimum atomic E-state index is -3.27. The largest absolute Gasteiger partial charge is 0.390 e. The molecule has 0 saturated carbocycles. The van der Waals surface area contributed by atoms with Crippen LogP contribution in [0.1, 0.15) is 28.8 Å². The Morgan fingerprint density at radius 2 is 2.25 bits per heavy atom. The average Bonchev–Trinajstić information content (AvgIpc) is 2.92. The number of likely N-dealkylation sites (N-methyl/N-ethyl adjacent to an activating group) is 1. The summed E-state index contributed by atoms with van der Waals surface area (Å²) in [6.45, 7) is 2.04. The molecule has 1 aromatic rings. The van der Waals surface area contributed by atoms with Gasteiger partial charge in [0.05, 0.1) is 28.7 Å². The van der Waals surface area contributed by atoms with E-state index in [1.807, 2.05) is 6.92 Å². The van der Waals surface area contributed by atoms with E-state index in [1.165, 1.54) is 23.3 Å². The Morgan fingerprint density at radius 1 is 1.55 bits per heavy atom. The molecule has 0 bridgehead atoms. The summed E-state index contributed by atoms with van der Waals surface area (Å²) < 4.78 is 23.0. The van der Waals surface area contributed by atoms with Crippen LogP contribution in [-0.2, 0) is 16.3 Å². The van der Waals surface area contributed by atoms with Gasteiger partial charge in [0.25, 0.3) is 5.91 Å². The monoisotopic (exact) mass is 318 g/mol. The third kappa shape index (κ3) is 3.18. The van der Waals surface area contributed by atoms with Crippen LogP contribution in [0.4, 0.5) is 0 Å². The van der Waals surface area contributed by atoms with Gasteiger partial charge >= 0.3 is 0 Å². The maximum Gasteiger partial charge on any atom is 0.273 e. The third-order valence-electron chi connectivity index (χ3n) is 3.35. The molecule has 6 nitrogen and oxygen atoms in total. The smallest absolute Gasteiger partial charge is 0.273 e. The molecule has 1 amide bonds. The quantitative estimate of drug-likeness (QED) is 0.864. The van der Waals surface area contributed by atoms with E-state index in [0.717, 1.165) is 17.8 Å². The van der Waals surface area contributed by atoms with Gasteiger partial charge in [0.1, 0.15) is 5.69 Å². The molecule has 0 radical (unpaired) electrons. The lowest BCUT2D eigenvalue weighted by molar-refractivity contribution is 0.0576. The summed E-state index contributed by atoms with van der Waals surface area (Å²) in [5, 5.41) is 12.4. The highest BCUT2D eigenvalue weighted by molar-refractivity contribution is 7.91. The number of carbonyl (C=O) groups is 1. The van der Waals surface area contributed by atoms with E-state index >= 15 is 0 Å². The number of amides is 1.